The molecule has 0 aliphatic heterocycles. The van der Waals surface area contributed by atoms with Crippen molar-refractivity contribution in [2.24, 2.45) is 11.8 Å². The molecule has 0 aliphatic carbocycles. The van der Waals surface area contributed by atoms with Gasteiger partial charge in [0.1, 0.15) is 5.78 Å². The lowest BCUT2D eigenvalue weighted by molar-refractivity contribution is -0.122. The van der Waals surface area contributed by atoms with Crippen LogP contribution in [0.2, 0.25) is 0 Å². The van der Waals surface area contributed by atoms with Crippen molar-refractivity contribution in [3.8, 4) is 0 Å². The maximum absolute atomic E-state index is 11.4. The first-order valence-corrected chi connectivity index (χ1v) is 4.97. The molecule has 0 aromatic carbocycles. The molecule has 1 nitrogen and oxygen atoms in total. The average Bonchev–Trinajstić information content (AvgIpc) is 2.11. The first-order valence-electron chi connectivity index (χ1n) is 4.97. The van der Waals surface area contributed by atoms with Crippen molar-refractivity contribution in [3.05, 3.63) is 6.92 Å². The van der Waals surface area contributed by atoms with Gasteiger partial charge in [-0.1, -0.05) is 34.1 Å². The third-order valence-electron chi connectivity index (χ3n) is 2.54. The SMILES string of the molecule is [CH2]C(CC)CCC(=O)C(C)CC. The third kappa shape index (κ3) is 4.53. The Balaban J connectivity index is 3.56. The molecule has 0 rings (SSSR count). The molecule has 0 amide bonds. The third-order valence-corrected chi connectivity index (χ3v) is 2.54. The number of hydrogen-bond acceptors (Lipinski definition) is 1. The van der Waals surface area contributed by atoms with Gasteiger partial charge in [0.2, 0.25) is 0 Å². The highest BCUT2D eigenvalue weighted by atomic mass is 16.1. The van der Waals surface area contributed by atoms with E-state index in [1.807, 2.05) is 6.92 Å². The molecule has 2 unspecified atom stereocenters. The Hall–Kier alpha value is -0.330. The van der Waals surface area contributed by atoms with Crippen LogP contribution in [0.5, 0.6) is 0 Å². The zero-order valence-electron chi connectivity index (χ0n) is 8.60. The van der Waals surface area contributed by atoms with E-state index in [0.29, 0.717) is 11.7 Å². The minimum absolute atomic E-state index is 0.244. The molecule has 0 heterocycles. The summed E-state index contributed by atoms with van der Waals surface area (Å²) in [6.07, 6.45) is 3.72. The maximum Gasteiger partial charge on any atom is 0.135 e. The Bertz CT molecular complexity index is 129. The van der Waals surface area contributed by atoms with E-state index in [2.05, 4.69) is 20.8 Å². The standard InChI is InChI=1S/C11H21O/c1-5-9(3)7-8-11(12)10(4)6-2/h9-10H,3,5-8H2,1-2,4H3. The molecule has 0 aromatic rings. The summed E-state index contributed by atoms with van der Waals surface area (Å²) in [4.78, 5) is 11.4. The lowest BCUT2D eigenvalue weighted by Gasteiger charge is -2.10. The number of ketones is 1. The van der Waals surface area contributed by atoms with E-state index in [1.165, 1.54) is 0 Å². The summed E-state index contributed by atoms with van der Waals surface area (Å²) in [7, 11) is 0. The van der Waals surface area contributed by atoms with Crippen molar-refractivity contribution in [3.63, 3.8) is 0 Å². The molecule has 0 saturated carbocycles. The van der Waals surface area contributed by atoms with Gasteiger partial charge in [-0.3, -0.25) is 4.79 Å². The van der Waals surface area contributed by atoms with Gasteiger partial charge < -0.3 is 0 Å². The van der Waals surface area contributed by atoms with Gasteiger partial charge in [0.15, 0.2) is 0 Å². The average molecular weight is 169 g/mol. The molecule has 71 valence electrons. The molecular formula is C11H21O. The van der Waals surface area contributed by atoms with Crippen LogP contribution in [0.4, 0.5) is 0 Å². The van der Waals surface area contributed by atoms with E-state index in [9.17, 15) is 4.79 Å². The molecule has 0 aliphatic rings. The van der Waals surface area contributed by atoms with Crippen molar-refractivity contribution in [2.45, 2.75) is 46.5 Å². The summed E-state index contributed by atoms with van der Waals surface area (Å²) >= 11 is 0. The molecule has 0 N–H and O–H groups in total. The molecule has 1 radical (unpaired) electrons. The van der Waals surface area contributed by atoms with Crippen molar-refractivity contribution in [1.29, 1.82) is 0 Å². The Morgan fingerprint density at radius 2 is 1.92 bits per heavy atom. The van der Waals surface area contributed by atoms with E-state index < -0.39 is 0 Å². The topological polar surface area (TPSA) is 17.1 Å². The lowest BCUT2D eigenvalue weighted by atomic mass is 9.95. The Labute approximate surface area is 76.6 Å². The Morgan fingerprint density at radius 1 is 1.33 bits per heavy atom. The maximum atomic E-state index is 11.4. The highest BCUT2D eigenvalue weighted by molar-refractivity contribution is 5.80. The number of rotatable bonds is 6. The molecule has 0 aromatic heterocycles. The zero-order chi connectivity index (χ0) is 9.56. The second kappa shape index (κ2) is 6.22. The van der Waals surface area contributed by atoms with Gasteiger partial charge in [-0.05, 0) is 18.8 Å². The molecule has 0 spiro atoms. The summed E-state index contributed by atoms with van der Waals surface area (Å²) in [5, 5.41) is 0. The van der Waals surface area contributed by atoms with Crippen molar-refractivity contribution < 1.29 is 4.79 Å². The first-order chi connectivity index (χ1) is 5.61. The Kier molecular flexibility index (Phi) is 6.04. The predicted octanol–water partition coefficient (Wildman–Crippen LogP) is 3.24. The van der Waals surface area contributed by atoms with Gasteiger partial charge in [-0.15, -0.1) is 0 Å². The van der Waals surface area contributed by atoms with Gasteiger partial charge >= 0.3 is 0 Å². The fraction of sp³-hybridized carbons (Fsp3) is 0.818. The van der Waals surface area contributed by atoms with E-state index in [0.717, 1.165) is 25.7 Å². The minimum Gasteiger partial charge on any atom is -0.299 e. The number of hydrogen-bond donors (Lipinski definition) is 0. The van der Waals surface area contributed by atoms with Gasteiger partial charge in [0.05, 0.1) is 0 Å². The lowest BCUT2D eigenvalue weighted by Crippen LogP contribution is -2.10. The van der Waals surface area contributed by atoms with Crippen LogP contribution < -0.4 is 0 Å². The normalized spacial score (nSPS) is 15.7. The fourth-order valence-corrected chi connectivity index (χ4v) is 1.02. The largest absolute Gasteiger partial charge is 0.299 e. The summed E-state index contributed by atoms with van der Waals surface area (Å²) in [6, 6.07) is 0. The summed E-state index contributed by atoms with van der Waals surface area (Å²) < 4.78 is 0. The van der Waals surface area contributed by atoms with Crippen LogP contribution in [-0.2, 0) is 4.79 Å². The van der Waals surface area contributed by atoms with Crippen LogP contribution in [0, 0.1) is 18.8 Å². The molecular weight excluding hydrogens is 148 g/mol. The van der Waals surface area contributed by atoms with E-state index in [-0.39, 0.29) is 5.92 Å². The van der Waals surface area contributed by atoms with Crippen LogP contribution in [-0.4, -0.2) is 5.78 Å². The molecule has 0 fully saturated rings. The van der Waals surface area contributed by atoms with E-state index in [4.69, 9.17) is 0 Å². The highest BCUT2D eigenvalue weighted by Crippen LogP contribution is 2.13. The van der Waals surface area contributed by atoms with Crippen LogP contribution >= 0.6 is 0 Å². The first kappa shape index (κ1) is 11.7. The van der Waals surface area contributed by atoms with Gasteiger partial charge in [-0.2, -0.15) is 0 Å². The predicted molar refractivity (Wildman–Crippen MR) is 52.8 cm³/mol. The second-order valence-electron chi connectivity index (χ2n) is 3.59. The number of Topliss-reactive ketones (excluding diaryl/α,β-unsaturated/α-hetero) is 1. The molecule has 12 heavy (non-hydrogen) atoms. The van der Waals surface area contributed by atoms with Crippen LogP contribution in [0.25, 0.3) is 0 Å². The molecule has 1 heteroatoms. The van der Waals surface area contributed by atoms with E-state index in [1.54, 1.807) is 0 Å². The van der Waals surface area contributed by atoms with Crippen LogP contribution in [0.1, 0.15) is 46.5 Å². The van der Waals surface area contributed by atoms with Crippen molar-refractivity contribution in [2.75, 3.05) is 0 Å². The fourth-order valence-electron chi connectivity index (χ4n) is 1.02. The monoisotopic (exact) mass is 169 g/mol. The van der Waals surface area contributed by atoms with Crippen LogP contribution in [0.15, 0.2) is 0 Å². The van der Waals surface area contributed by atoms with Gasteiger partial charge in [0.25, 0.3) is 0 Å². The quantitative estimate of drug-likeness (QED) is 0.596. The Morgan fingerprint density at radius 3 is 2.33 bits per heavy atom. The smallest absolute Gasteiger partial charge is 0.135 e. The number of carbonyl (C=O) groups excluding carboxylic acids is 1. The molecule has 0 bridgehead atoms. The number of carbonyl (C=O) groups is 1. The van der Waals surface area contributed by atoms with Crippen LogP contribution in [0.3, 0.4) is 0 Å². The van der Waals surface area contributed by atoms with Gasteiger partial charge in [0, 0.05) is 12.3 Å². The highest BCUT2D eigenvalue weighted by Gasteiger charge is 2.11. The molecule has 2 atom stereocenters. The molecule has 0 saturated heterocycles. The van der Waals surface area contributed by atoms with Crippen molar-refractivity contribution >= 4 is 5.78 Å². The summed E-state index contributed by atoms with van der Waals surface area (Å²) in [5.74, 6) is 1.10. The summed E-state index contributed by atoms with van der Waals surface area (Å²) in [5.41, 5.74) is 0. The van der Waals surface area contributed by atoms with Crippen molar-refractivity contribution in [1.82, 2.24) is 0 Å². The zero-order valence-corrected chi connectivity index (χ0v) is 8.60. The van der Waals surface area contributed by atoms with Gasteiger partial charge in [-0.25, -0.2) is 0 Å². The summed E-state index contributed by atoms with van der Waals surface area (Å²) in [6.45, 7) is 10.1. The second-order valence-corrected chi connectivity index (χ2v) is 3.59. The van der Waals surface area contributed by atoms with E-state index >= 15 is 0 Å². The minimum atomic E-state index is 0.244.